The van der Waals surface area contributed by atoms with Gasteiger partial charge in [-0.15, -0.1) is 24.0 Å². The molecular formula is C14H23IN4O2. The number of hydrogen-bond acceptors (Lipinski definition) is 3. The van der Waals surface area contributed by atoms with E-state index in [-0.39, 0.29) is 36.0 Å². The molecule has 0 aliphatic heterocycles. The Morgan fingerprint density at radius 1 is 1.33 bits per heavy atom. The van der Waals surface area contributed by atoms with Crippen LogP contribution in [-0.4, -0.2) is 31.1 Å². The SMILES string of the molecule is CC(=O)NCCN=C(N)Nc1ccc(OC(C)C)cc1.I. The van der Waals surface area contributed by atoms with Crippen molar-refractivity contribution in [3.63, 3.8) is 0 Å². The monoisotopic (exact) mass is 406 g/mol. The number of rotatable bonds is 6. The minimum atomic E-state index is -0.0764. The average Bonchev–Trinajstić information content (AvgIpc) is 2.36. The van der Waals surface area contributed by atoms with E-state index in [4.69, 9.17) is 10.5 Å². The van der Waals surface area contributed by atoms with Crippen molar-refractivity contribution in [2.45, 2.75) is 26.9 Å². The molecule has 6 nitrogen and oxygen atoms in total. The first-order valence-electron chi connectivity index (χ1n) is 6.55. The van der Waals surface area contributed by atoms with Gasteiger partial charge in [0, 0.05) is 19.2 Å². The number of nitrogens with two attached hydrogens (primary N) is 1. The molecule has 0 unspecified atom stereocenters. The van der Waals surface area contributed by atoms with Crippen LogP contribution in [0.15, 0.2) is 29.3 Å². The Morgan fingerprint density at radius 2 is 1.95 bits per heavy atom. The van der Waals surface area contributed by atoms with E-state index in [9.17, 15) is 4.79 Å². The number of ether oxygens (including phenoxy) is 1. The second-order valence-corrected chi connectivity index (χ2v) is 4.57. The second kappa shape index (κ2) is 10.3. The largest absolute Gasteiger partial charge is 0.491 e. The van der Waals surface area contributed by atoms with Crippen LogP contribution in [0.5, 0.6) is 5.75 Å². The molecule has 21 heavy (non-hydrogen) atoms. The Kier molecular flexibility index (Phi) is 9.51. The first-order valence-corrected chi connectivity index (χ1v) is 6.55. The Bertz CT molecular complexity index is 461. The highest BCUT2D eigenvalue weighted by atomic mass is 127. The van der Waals surface area contributed by atoms with Gasteiger partial charge in [0.05, 0.1) is 12.6 Å². The van der Waals surface area contributed by atoms with Crippen LogP contribution in [0.3, 0.4) is 0 Å². The summed E-state index contributed by atoms with van der Waals surface area (Å²) in [6, 6.07) is 7.47. The van der Waals surface area contributed by atoms with Gasteiger partial charge in [-0.2, -0.15) is 0 Å². The predicted molar refractivity (Wildman–Crippen MR) is 96.4 cm³/mol. The van der Waals surface area contributed by atoms with E-state index in [1.807, 2.05) is 38.1 Å². The van der Waals surface area contributed by atoms with Gasteiger partial charge in [-0.25, -0.2) is 0 Å². The first kappa shape index (κ1) is 19.5. The lowest BCUT2D eigenvalue weighted by atomic mass is 10.3. The van der Waals surface area contributed by atoms with E-state index >= 15 is 0 Å². The second-order valence-electron chi connectivity index (χ2n) is 4.57. The highest BCUT2D eigenvalue weighted by Crippen LogP contribution is 2.16. The number of guanidine groups is 1. The lowest BCUT2D eigenvalue weighted by Crippen LogP contribution is -2.26. The van der Waals surface area contributed by atoms with Crippen LogP contribution in [0.4, 0.5) is 5.69 Å². The third-order valence-corrected chi connectivity index (χ3v) is 2.27. The zero-order valence-electron chi connectivity index (χ0n) is 12.6. The van der Waals surface area contributed by atoms with Gasteiger partial charge in [0.1, 0.15) is 5.75 Å². The lowest BCUT2D eigenvalue weighted by Gasteiger charge is -2.11. The number of nitrogens with zero attached hydrogens (tertiary/aromatic N) is 1. The summed E-state index contributed by atoms with van der Waals surface area (Å²) < 4.78 is 5.55. The van der Waals surface area contributed by atoms with Gasteiger partial charge in [-0.1, -0.05) is 0 Å². The number of hydrogen-bond donors (Lipinski definition) is 3. The Balaban J connectivity index is 0.00000400. The molecule has 0 atom stereocenters. The molecule has 118 valence electrons. The minimum Gasteiger partial charge on any atom is -0.491 e. The van der Waals surface area contributed by atoms with Crippen molar-refractivity contribution in [1.82, 2.24) is 5.32 Å². The van der Waals surface area contributed by atoms with Gasteiger partial charge in [0.2, 0.25) is 5.91 Å². The number of carbonyl (C=O) groups is 1. The molecule has 0 saturated heterocycles. The highest BCUT2D eigenvalue weighted by molar-refractivity contribution is 14.0. The number of carbonyl (C=O) groups excluding carboxylic acids is 1. The zero-order valence-corrected chi connectivity index (χ0v) is 14.9. The maximum absolute atomic E-state index is 10.7. The fourth-order valence-corrected chi connectivity index (χ4v) is 1.48. The van der Waals surface area contributed by atoms with Gasteiger partial charge in [0.25, 0.3) is 0 Å². The molecule has 1 rings (SSSR count). The lowest BCUT2D eigenvalue weighted by molar-refractivity contribution is -0.118. The number of anilines is 1. The van der Waals surface area contributed by atoms with Crippen molar-refractivity contribution in [1.29, 1.82) is 0 Å². The number of nitrogens with one attached hydrogen (secondary N) is 2. The molecule has 0 bridgehead atoms. The Labute approximate surface area is 142 Å². The molecule has 4 N–H and O–H groups in total. The number of amides is 1. The van der Waals surface area contributed by atoms with Gasteiger partial charge in [-0.3, -0.25) is 9.79 Å². The molecule has 0 heterocycles. The van der Waals surface area contributed by atoms with Crippen molar-refractivity contribution < 1.29 is 9.53 Å². The van der Waals surface area contributed by atoms with E-state index in [0.29, 0.717) is 19.0 Å². The third-order valence-electron chi connectivity index (χ3n) is 2.27. The van der Waals surface area contributed by atoms with Crippen molar-refractivity contribution in [3.8, 4) is 5.75 Å². The minimum absolute atomic E-state index is 0. The van der Waals surface area contributed by atoms with E-state index < -0.39 is 0 Å². The van der Waals surface area contributed by atoms with Crippen molar-refractivity contribution in [3.05, 3.63) is 24.3 Å². The molecule has 0 saturated carbocycles. The topological polar surface area (TPSA) is 88.7 Å². The highest BCUT2D eigenvalue weighted by Gasteiger charge is 1.99. The van der Waals surface area contributed by atoms with Gasteiger partial charge in [0.15, 0.2) is 5.96 Å². The van der Waals surface area contributed by atoms with Crippen LogP contribution in [0.1, 0.15) is 20.8 Å². The normalized spacial score (nSPS) is 10.8. The summed E-state index contributed by atoms with van der Waals surface area (Å²) in [5.41, 5.74) is 6.57. The van der Waals surface area contributed by atoms with E-state index in [1.54, 1.807) is 0 Å². The molecule has 1 aromatic rings. The first-order chi connectivity index (χ1) is 9.47. The van der Waals surface area contributed by atoms with E-state index in [0.717, 1.165) is 11.4 Å². The fourth-order valence-electron chi connectivity index (χ4n) is 1.48. The fraction of sp³-hybridized carbons (Fsp3) is 0.429. The summed E-state index contributed by atoms with van der Waals surface area (Å²) in [7, 11) is 0. The van der Waals surface area contributed by atoms with E-state index in [2.05, 4.69) is 15.6 Å². The number of halogens is 1. The predicted octanol–water partition coefficient (Wildman–Crippen LogP) is 1.95. The van der Waals surface area contributed by atoms with Gasteiger partial charge < -0.3 is 21.1 Å². The molecule has 0 aromatic heterocycles. The van der Waals surface area contributed by atoms with Gasteiger partial charge >= 0.3 is 0 Å². The molecule has 1 aromatic carbocycles. The van der Waals surface area contributed by atoms with Gasteiger partial charge in [-0.05, 0) is 38.1 Å². The maximum Gasteiger partial charge on any atom is 0.216 e. The van der Waals surface area contributed by atoms with Crippen LogP contribution in [0, 0.1) is 0 Å². The molecule has 7 heteroatoms. The molecular weight excluding hydrogens is 383 g/mol. The summed E-state index contributed by atoms with van der Waals surface area (Å²) in [6.07, 6.45) is 0.147. The Morgan fingerprint density at radius 3 is 2.48 bits per heavy atom. The smallest absolute Gasteiger partial charge is 0.216 e. The number of benzene rings is 1. The summed E-state index contributed by atoms with van der Waals surface area (Å²) in [6.45, 7) is 6.33. The molecule has 1 amide bonds. The molecule has 0 aliphatic rings. The number of aliphatic imine (C=N–C) groups is 1. The van der Waals surface area contributed by atoms with Crippen LogP contribution < -0.4 is 21.1 Å². The van der Waals surface area contributed by atoms with Crippen LogP contribution >= 0.6 is 24.0 Å². The summed E-state index contributed by atoms with van der Waals surface area (Å²) in [5, 5.41) is 5.61. The van der Waals surface area contributed by atoms with Crippen molar-refractivity contribution in [2.75, 3.05) is 18.4 Å². The standard InChI is InChI=1S/C14H22N4O2.HI/c1-10(2)20-13-6-4-12(5-7-13)18-14(15)17-9-8-16-11(3)19;/h4-7,10H,8-9H2,1-3H3,(H,16,19)(H3,15,17,18);1H. The van der Waals surface area contributed by atoms with E-state index in [1.165, 1.54) is 6.92 Å². The molecule has 0 aliphatic carbocycles. The maximum atomic E-state index is 10.7. The molecule has 0 spiro atoms. The molecule has 0 radical (unpaired) electrons. The van der Waals surface area contributed by atoms with Crippen molar-refractivity contribution >= 4 is 41.5 Å². The average molecular weight is 406 g/mol. The van der Waals surface area contributed by atoms with Crippen molar-refractivity contribution in [2.24, 2.45) is 10.7 Å². The third kappa shape index (κ3) is 9.11. The van der Waals surface area contributed by atoms with Crippen LogP contribution in [0.25, 0.3) is 0 Å². The summed E-state index contributed by atoms with van der Waals surface area (Å²) >= 11 is 0. The quantitative estimate of drug-likeness (QED) is 0.292. The summed E-state index contributed by atoms with van der Waals surface area (Å²) in [5.74, 6) is 1.05. The summed E-state index contributed by atoms with van der Waals surface area (Å²) in [4.78, 5) is 14.8. The molecule has 0 fully saturated rings. The van der Waals surface area contributed by atoms with Crippen LogP contribution in [-0.2, 0) is 4.79 Å². The van der Waals surface area contributed by atoms with Crippen LogP contribution in [0.2, 0.25) is 0 Å². The Hall–Kier alpha value is -1.51. The zero-order chi connectivity index (χ0) is 15.0.